The predicted octanol–water partition coefficient (Wildman–Crippen LogP) is 3.73. The third-order valence-corrected chi connectivity index (χ3v) is 5.33. The number of rotatable bonds is 10. The van der Waals surface area contributed by atoms with Gasteiger partial charge in [0, 0.05) is 20.1 Å². The van der Waals surface area contributed by atoms with Gasteiger partial charge in [-0.3, -0.25) is 4.99 Å². The van der Waals surface area contributed by atoms with Crippen molar-refractivity contribution in [2.45, 2.75) is 84.3 Å². The number of likely N-dealkylation sites (tertiary alicyclic amines) is 1. The molecule has 0 spiro atoms. The number of ether oxygens (including phenoxy) is 1. The second kappa shape index (κ2) is 14.3. The van der Waals surface area contributed by atoms with Crippen LogP contribution in [0.4, 0.5) is 4.79 Å². The van der Waals surface area contributed by atoms with Crippen LogP contribution in [0.2, 0.25) is 0 Å². The molecule has 172 valence electrons. The Kier molecular flexibility index (Phi) is 13.9. The SMILES string of the molecule is CCC(CC)(CNC(=NC)NCCCCN1CCCC1)NC(=O)OC(C)(C)C.I. The van der Waals surface area contributed by atoms with E-state index in [1.165, 1.54) is 38.9 Å². The molecular weight excluding hydrogens is 481 g/mol. The summed E-state index contributed by atoms with van der Waals surface area (Å²) in [4.78, 5) is 19.1. The number of amides is 1. The summed E-state index contributed by atoms with van der Waals surface area (Å²) in [5, 5.41) is 9.82. The van der Waals surface area contributed by atoms with Crippen molar-refractivity contribution in [3.63, 3.8) is 0 Å². The maximum Gasteiger partial charge on any atom is 0.408 e. The summed E-state index contributed by atoms with van der Waals surface area (Å²) in [6.45, 7) is 15.0. The fourth-order valence-corrected chi connectivity index (χ4v) is 3.39. The number of carbonyl (C=O) groups excluding carboxylic acids is 1. The van der Waals surface area contributed by atoms with Gasteiger partial charge in [0.2, 0.25) is 0 Å². The summed E-state index contributed by atoms with van der Waals surface area (Å²) < 4.78 is 5.44. The van der Waals surface area contributed by atoms with Gasteiger partial charge in [0.05, 0.1) is 5.54 Å². The molecule has 8 heteroatoms. The molecule has 0 aromatic carbocycles. The van der Waals surface area contributed by atoms with Crippen LogP contribution in [0.25, 0.3) is 0 Å². The molecule has 29 heavy (non-hydrogen) atoms. The van der Waals surface area contributed by atoms with Crippen LogP contribution in [0.5, 0.6) is 0 Å². The van der Waals surface area contributed by atoms with Crippen molar-refractivity contribution >= 4 is 36.0 Å². The fourth-order valence-electron chi connectivity index (χ4n) is 3.39. The van der Waals surface area contributed by atoms with Crippen molar-refractivity contribution in [2.75, 3.05) is 39.8 Å². The van der Waals surface area contributed by atoms with Gasteiger partial charge >= 0.3 is 6.09 Å². The Bertz CT molecular complexity index is 484. The average Bonchev–Trinajstić information content (AvgIpc) is 3.14. The standard InChI is InChI=1S/C21H43N5O2.HI/c1-7-21(8-2,25-19(27)28-20(3,4)5)17-24-18(22-6)23-13-9-10-14-26-15-11-12-16-26;/h7-17H2,1-6H3,(H,25,27)(H2,22,23,24);1H. The van der Waals surface area contributed by atoms with Gasteiger partial charge in [0.25, 0.3) is 0 Å². The van der Waals surface area contributed by atoms with Crippen LogP contribution in [-0.4, -0.2) is 67.9 Å². The molecule has 0 unspecified atom stereocenters. The van der Waals surface area contributed by atoms with Crippen LogP contribution in [0.15, 0.2) is 4.99 Å². The number of carbonyl (C=O) groups is 1. The minimum Gasteiger partial charge on any atom is -0.444 e. The number of hydrogen-bond acceptors (Lipinski definition) is 4. The highest BCUT2D eigenvalue weighted by Gasteiger charge is 2.30. The molecule has 1 amide bonds. The van der Waals surface area contributed by atoms with Crippen molar-refractivity contribution in [1.29, 1.82) is 0 Å². The normalized spacial score (nSPS) is 15.6. The lowest BCUT2D eigenvalue weighted by atomic mass is 9.93. The highest BCUT2D eigenvalue weighted by atomic mass is 127. The lowest BCUT2D eigenvalue weighted by molar-refractivity contribution is 0.0448. The van der Waals surface area contributed by atoms with Crippen LogP contribution < -0.4 is 16.0 Å². The second-order valence-corrected chi connectivity index (χ2v) is 8.72. The summed E-state index contributed by atoms with van der Waals surface area (Å²) in [6, 6.07) is 0. The monoisotopic (exact) mass is 525 g/mol. The first-order valence-electron chi connectivity index (χ1n) is 10.9. The molecule has 1 fully saturated rings. The summed E-state index contributed by atoms with van der Waals surface area (Å²) in [6.07, 6.45) is 6.28. The maximum absolute atomic E-state index is 12.2. The van der Waals surface area contributed by atoms with E-state index < -0.39 is 5.60 Å². The molecule has 1 rings (SSSR count). The number of hydrogen-bond donors (Lipinski definition) is 3. The van der Waals surface area contributed by atoms with Crippen molar-refractivity contribution in [2.24, 2.45) is 4.99 Å². The summed E-state index contributed by atoms with van der Waals surface area (Å²) in [5.41, 5.74) is -0.868. The minimum atomic E-state index is -0.503. The fraction of sp³-hybridized carbons (Fsp3) is 0.905. The quantitative estimate of drug-likeness (QED) is 0.175. The van der Waals surface area contributed by atoms with Crippen molar-refractivity contribution < 1.29 is 9.53 Å². The summed E-state index contributed by atoms with van der Waals surface area (Å²) >= 11 is 0. The van der Waals surface area contributed by atoms with E-state index in [1.54, 1.807) is 7.05 Å². The molecule has 0 atom stereocenters. The number of unbranched alkanes of at least 4 members (excludes halogenated alkanes) is 1. The Morgan fingerprint density at radius 2 is 1.69 bits per heavy atom. The molecule has 1 heterocycles. The van der Waals surface area contributed by atoms with Crippen LogP contribution in [0.1, 0.15) is 73.1 Å². The molecule has 0 radical (unpaired) electrons. The van der Waals surface area contributed by atoms with E-state index in [0.717, 1.165) is 31.8 Å². The van der Waals surface area contributed by atoms with Gasteiger partial charge in [-0.05, 0) is 78.9 Å². The molecule has 0 aromatic heterocycles. The number of guanidine groups is 1. The number of aliphatic imine (C=N–C) groups is 1. The third kappa shape index (κ3) is 11.9. The first kappa shape index (κ1) is 28.2. The Labute approximate surface area is 195 Å². The Morgan fingerprint density at radius 3 is 2.21 bits per heavy atom. The molecule has 7 nitrogen and oxygen atoms in total. The third-order valence-electron chi connectivity index (χ3n) is 5.33. The van der Waals surface area contributed by atoms with Gasteiger partial charge in [0.15, 0.2) is 5.96 Å². The van der Waals surface area contributed by atoms with E-state index in [0.29, 0.717) is 6.54 Å². The topological polar surface area (TPSA) is 78.0 Å². The molecular formula is C21H44IN5O2. The van der Waals surface area contributed by atoms with E-state index >= 15 is 0 Å². The predicted molar refractivity (Wildman–Crippen MR) is 132 cm³/mol. The van der Waals surface area contributed by atoms with Gasteiger partial charge < -0.3 is 25.6 Å². The second-order valence-electron chi connectivity index (χ2n) is 8.72. The molecule has 0 saturated carbocycles. The van der Waals surface area contributed by atoms with E-state index in [2.05, 4.69) is 39.7 Å². The lowest BCUT2D eigenvalue weighted by Crippen LogP contribution is -2.57. The lowest BCUT2D eigenvalue weighted by Gasteiger charge is -2.34. The largest absolute Gasteiger partial charge is 0.444 e. The van der Waals surface area contributed by atoms with E-state index in [-0.39, 0.29) is 35.6 Å². The van der Waals surface area contributed by atoms with Crippen molar-refractivity contribution in [1.82, 2.24) is 20.9 Å². The highest BCUT2D eigenvalue weighted by molar-refractivity contribution is 14.0. The Morgan fingerprint density at radius 1 is 1.07 bits per heavy atom. The van der Waals surface area contributed by atoms with Crippen LogP contribution in [0, 0.1) is 0 Å². The molecule has 0 aliphatic carbocycles. The molecule has 1 saturated heterocycles. The van der Waals surface area contributed by atoms with Crippen LogP contribution in [0.3, 0.4) is 0 Å². The zero-order valence-corrected chi connectivity index (χ0v) is 21.7. The average molecular weight is 526 g/mol. The number of alkyl carbamates (subject to hydrolysis) is 1. The number of nitrogens with zero attached hydrogens (tertiary/aromatic N) is 2. The molecule has 3 N–H and O–H groups in total. The summed E-state index contributed by atoms with van der Waals surface area (Å²) in [5.74, 6) is 0.776. The minimum absolute atomic E-state index is 0. The van der Waals surface area contributed by atoms with Crippen molar-refractivity contribution in [3.05, 3.63) is 0 Å². The highest BCUT2D eigenvalue weighted by Crippen LogP contribution is 2.16. The van der Waals surface area contributed by atoms with Gasteiger partial charge in [0.1, 0.15) is 5.60 Å². The molecule has 1 aliphatic heterocycles. The van der Waals surface area contributed by atoms with E-state index in [4.69, 9.17) is 4.74 Å². The zero-order valence-electron chi connectivity index (χ0n) is 19.4. The first-order chi connectivity index (χ1) is 13.2. The van der Waals surface area contributed by atoms with Crippen molar-refractivity contribution in [3.8, 4) is 0 Å². The maximum atomic E-state index is 12.2. The zero-order chi connectivity index (χ0) is 21.0. The molecule has 0 bridgehead atoms. The van der Waals surface area contributed by atoms with Gasteiger partial charge in [-0.25, -0.2) is 4.79 Å². The van der Waals surface area contributed by atoms with Gasteiger partial charge in [-0.2, -0.15) is 0 Å². The first-order valence-corrected chi connectivity index (χ1v) is 10.9. The van der Waals surface area contributed by atoms with Gasteiger partial charge in [-0.1, -0.05) is 13.8 Å². The molecule has 0 aromatic rings. The van der Waals surface area contributed by atoms with E-state index in [9.17, 15) is 4.79 Å². The van der Waals surface area contributed by atoms with E-state index in [1.807, 2.05) is 20.8 Å². The number of nitrogens with one attached hydrogen (secondary N) is 3. The smallest absolute Gasteiger partial charge is 0.408 e. The van der Waals surface area contributed by atoms with Crippen LogP contribution in [-0.2, 0) is 4.74 Å². The van der Waals surface area contributed by atoms with Crippen LogP contribution >= 0.6 is 24.0 Å². The Balaban J connectivity index is 0.00000784. The Hall–Kier alpha value is -0.770. The molecule has 1 aliphatic rings. The number of halogens is 1. The summed E-state index contributed by atoms with van der Waals surface area (Å²) in [7, 11) is 1.78. The van der Waals surface area contributed by atoms with Gasteiger partial charge in [-0.15, -0.1) is 24.0 Å².